The lowest BCUT2D eigenvalue weighted by Crippen LogP contribution is -2.30. The van der Waals surface area contributed by atoms with Gasteiger partial charge in [-0.05, 0) is 51.0 Å². The van der Waals surface area contributed by atoms with Crippen molar-refractivity contribution in [2.45, 2.75) is 46.1 Å². The van der Waals surface area contributed by atoms with Crippen LogP contribution in [0.4, 0.5) is 5.69 Å². The number of unbranched alkanes of at least 4 members (excludes halogenated alkanes) is 2. The van der Waals surface area contributed by atoms with Crippen LogP contribution in [0.3, 0.4) is 0 Å². The Morgan fingerprint density at radius 1 is 0.914 bits per heavy atom. The number of fused-ring (bicyclic) bond motifs is 1. The van der Waals surface area contributed by atoms with E-state index in [1.54, 1.807) is 47.1 Å². The molecule has 1 aliphatic heterocycles. The molecule has 182 valence electrons. The van der Waals surface area contributed by atoms with E-state index in [0.717, 1.165) is 17.7 Å². The number of rotatable bonds is 9. The number of benzene rings is 2. The minimum absolute atomic E-state index is 0.104. The van der Waals surface area contributed by atoms with E-state index in [9.17, 15) is 14.4 Å². The maximum atomic E-state index is 12.6. The van der Waals surface area contributed by atoms with Crippen LogP contribution in [0, 0.1) is 13.8 Å². The Morgan fingerprint density at radius 2 is 1.54 bits per heavy atom. The zero-order chi connectivity index (χ0) is 25.1. The number of nitrogens with one attached hydrogen (secondary N) is 1. The number of aryl methyl sites for hydroxylation is 1. The van der Waals surface area contributed by atoms with Gasteiger partial charge in [0.25, 0.3) is 11.8 Å². The molecule has 7 nitrogen and oxygen atoms in total. The molecule has 0 bridgehead atoms. The van der Waals surface area contributed by atoms with Crippen LogP contribution in [0.1, 0.15) is 63.4 Å². The zero-order valence-electron chi connectivity index (χ0n) is 19.6. The molecule has 0 saturated heterocycles. The van der Waals surface area contributed by atoms with Crippen molar-refractivity contribution in [1.82, 2.24) is 14.7 Å². The van der Waals surface area contributed by atoms with Crippen molar-refractivity contribution in [2.75, 3.05) is 11.9 Å². The molecule has 4 rings (SSSR count). The smallest absolute Gasteiger partial charge is 0.261 e. The summed E-state index contributed by atoms with van der Waals surface area (Å²) in [5.41, 5.74) is 3.91. The van der Waals surface area contributed by atoms with Gasteiger partial charge < -0.3 is 5.32 Å². The highest BCUT2D eigenvalue weighted by Gasteiger charge is 2.34. The molecule has 0 aliphatic carbocycles. The third-order valence-electron chi connectivity index (χ3n) is 6.18. The first-order valence-electron chi connectivity index (χ1n) is 11.5. The van der Waals surface area contributed by atoms with Gasteiger partial charge in [0.15, 0.2) is 0 Å². The van der Waals surface area contributed by atoms with Crippen LogP contribution in [-0.4, -0.2) is 38.9 Å². The number of amides is 3. The molecule has 2 aromatic carbocycles. The Hall–Kier alpha value is -3.16. The van der Waals surface area contributed by atoms with Crippen molar-refractivity contribution in [2.24, 2.45) is 0 Å². The normalized spacial score (nSPS) is 12.9. The fourth-order valence-corrected chi connectivity index (χ4v) is 4.76. The van der Waals surface area contributed by atoms with Gasteiger partial charge in [0.1, 0.15) is 0 Å². The van der Waals surface area contributed by atoms with Crippen molar-refractivity contribution in [1.29, 1.82) is 0 Å². The van der Waals surface area contributed by atoms with Gasteiger partial charge in [-0.3, -0.25) is 24.0 Å². The van der Waals surface area contributed by atoms with Gasteiger partial charge in [-0.2, -0.15) is 5.10 Å². The Morgan fingerprint density at radius 3 is 2.17 bits per heavy atom. The van der Waals surface area contributed by atoms with Gasteiger partial charge >= 0.3 is 0 Å². The summed E-state index contributed by atoms with van der Waals surface area (Å²) in [7, 11) is 0. The summed E-state index contributed by atoms with van der Waals surface area (Å²) in [6.07, 6.45) is 2.36. The van der Waals surface area contributed by atoms with Crippen LogP contribution in [0.15, 0.2) is 42.5 Å². The van der Waals surface area contributed by atoms with E-state index in [4.69, 9.17) is 23.2 Å². The van der Waals surface area contributed by atoms with Crippen LogP contribution >= 0.6 is 23.2 Å². The van der Waals surface area contributed by atoms with Crippen molar-refractivity contribution >= 4 is 46.6 Å². The maximum absolute atomic E-state index is 12.6. The molecular weight excluding hydrogens is 487 g/mol. The van der Waals surface area contributed by atoms with Crippen LogP contribution in [0.25, 0.3) is 0 Å². The topological polar surface area (TPSA) is 84.3 Å². The molecule has 0 fully saturated rings. The van der Waals surface area contributed by atoms with Crippen molar-refractivity contribution in [3.63, 3.8) is 0 Å². The molecule has 35 heavy (non-hydrogen) atoms. The highest BCUT2D eigenvalue weighted by atomic mass is 35.5. The fraction of sp³-hybridized carbons (Fsp3) is 0.308. The number of hydrogen-bond donors (Lipinski definition) is 1. The molecule has 1 N–H and O–H groups in total. The molecule has 3 aromatic rings. The van der Waals surface area contributed by atoms with Crippen LogP contribution in [-0.2, 0) is 11.3 Å². The monoisotopic (exact) mass is 512 g/mol. The van der Waals surface area contributed by atoms with Gasteiger partial charge in [0.2, 0.25) is 5.91 Å². The lowest BCUT2D eigenvalue weighted by atomic mass is 10.1. The standard InChI is InChI=1S/C26H26Cl2N4O3/c1-16-24(17(2)32(30-16)15-20-21(27)11-8-12-22(20)28)29-23(33)13-4-3-7-14-31-25(34)18-9-5-6-10-19(18)26(31)35/h5-6,8-12H,3-4,7,13-15H2,1-2H3,(H,29,33). The number of anilines is 1. The predicted octanol–water partition coefficient (Wildman–Crippen LogP) is 5.65. The number of nitrogens with zero attached hydrogens (tertiary/aromatic N) is 3. The van der Waals surface area contributed by atoms with Gasteiger partial charge in [-0.1, -0.05) is 47.8 Å². The molecular formula is C26H26Cl2N4O3. The average Bonchev–Trinajstić information content (AvgIpc) is 3.23. The largest absolute Gasteiger partial charge is 0.323 e. The van der Waals surface area contributed by atoms with Gasteiger partial charge in [-0.15, -0.1) is 0 Å². The number of carbonyl (C=O) groups excluding carboxylic acids is 3. The Labute approximate surface area is 214 Å². The maximum Gasteiger partial charge on any atom is 0.261 e. The zero-order valence-corrected chi connectivity index (χ0v) is 21.1. The molecule has 0 unspecified atom stereocenters. The lowest BCUT2D eigenvalue weighted by Gasteiger charge is -2.13. The molecule has 0 saturated carbocycles. The first-order valence-corrected chi connectivity index (χ1v) is 12.3. The first kappa shape index (κ1) is 24.9. The highest BCUT2D eigenvalue weighted by molar-refractivity contribution is 6.36. The van der Waals surface area contributed by atoms with E-state index in [0.29, 0.717) is 64.9 Å². The molecule has 1 aromatic heterocycles. The number of imide groups is 1. The van der Waals surface area contributed by atoms with E-state index >= 15 is 0 Å². The quantitative estimate of drug-likeness (QED) is 0.296. The number of halogens is 2. The van der Waals surface area contributed by atoms with E-state index in [1.807, 2.05) is 13.8 Å². The van der Waals surface area contributed by atoms with Gasteiger partial charge in [0, 0.05) is 28.6 Å². The summed E-state index contributed by atoms with van der Waals surface area (Å²) in [4.78, 5) is 38.7. The minimum atomic E-state index is -0.246. The number of aromatic nitrogens is 2. The summed E-state index contributed by atoms with van der Waals surface area (Å²) < 4.78 is 1.78. The Kier molecular flexibility index (Phi) is 7.57. The van der Waals surface area contributed by atoms with Crippen LogP contribution in [0.5, 0.6) is 0 Å². The second-order valence-electron chi connectivity index (χ2n) is 8.57. The second-order valence-corrected chi connectivity index (χ2v) is 9.38. The summed E-state index contributed by atoms with van der Waals surface area (Å²) in [5.74, 6) is -0.596. The van der Waals surface area contributed by atoms with Crippen molar-refractivity contribution in [3.05, 3.63) is 80.6 Å². The summed E-state index contributed by atoms with van der Waals surface area (Å²) >= 11 is 12.6. The minimum Gasteiger partial charge on any atom is -0.323 e. The summed E-state index contributed by atoms with van der Waals surface area (Å²) in [5, 5.41) is 8.64. The molecule has 1 aliphatic rings. The average molecular weight is 513 g/mol. The highest BCUT2D eigenvalue weighted by Crippen LogP contribution is 2.28. The lowest BCUT2D eigenvalue weighted by molar-refractivity contribution is -0.116. The first-order chi connectivity index (χ1) is 16.8. The third kappa shape index (κ3) is 5.26. The molecule has 0 spiro atoms. The second kappa shape index (κ2) is 10.6. The van der Waals surface area contributed by atoms with E-state index in [-0.39, 0.29) is 17.7 Å². The third-order valence-corrected chi connectivity index (χ3v) is 6.89. The number of hydrogen-bond acceptors (Lipinski definition) is 4. The van der Waals surface area contributed by atoms with E-state index < -0.39 is 0 Å². The Balaban J connectivity index is 1.26. The molecule has 9 heteroatoms. The number of carbonyl (C=O) groups is 3. The van der Waals surface area contributed by atoms with Crippen LogP contribution < -0.4 is 5.32 Å². The van der Waals surface area contributed by atoms with E-state index in [2.05, 4.69) is 10.4 Å². The van der Waals surface area contributed by atoms with Crippen molar-refractivity contribution < 1.29 is 14.4 Å². The van der Waals surface area contributed by atoms with Crippen molar-refractivity contribution in [3.8, 4) is 0 Å². The van der Waals surface area contributed by atoms with E-state index in [1.165, 1.54) is 4.90 Å². The van der Waals surface area contributed by atoms with Gasteiger partial charge in [-0.25, -0.2) is 0 Å². The SMILES string of the molecule is Cc1nn(Cc2c(Cl)cccc2Cl)c(C)c1NC(=O)CCCCCN1C(=O)c2ccccc2C1=O. The molecule has 2 heterocycles. The predicted molar refractivity (Wildman–Crippen MR) is 136 cm³/mol. The molecule has 3 amide bonds. The fourth-order valence-electron chi connectivity index (χ4n) is 4.24. The summed E-state index contributed by atoms with van der Waals surface area (Å²) in [6.45, 7) is 4.49. The summed E-state index contributed by atoms with van der Waals surface area (Å²) in [6, 6.07) is 12.2. The van der Waals surface area contributed by atoms with Gasteiger partial charge in [0.05, 0.1) is 34.7 Å². The molecule has 0 radical (unpaired) electrons. The van der Waals surface area contributed by atoms with Crippen LogP contribution in [0.2, 0.25) is 10.0 Å². The molecule has 0 atom stereocenters. The Bertz CT molecular complexity index is 1250.